The van der Waals surface area contributed by atoms with Gasteiger partial charge in [0.15, 0.2) is 5.16 Å². The fourth-order valence-electron chi connectivity index (χ4n) is 1.49. The second-order valence-corrected chi connectivity index (χ2v) is 5.24. The molecule has 18 heavy (non-hydrogen) atoms. The van der Waals surface area contributed by atoms with Crippen molar-refractivity contribution in [1.82, 2.24) is 19.7 Å². The molecule has 0 aliphatic heterocycles. The average Bonchev–Trinajstić information content (AvgIpc) is 2.65. The van der Waals surface area contributed by atoms with Crippen molar-refractivity contribution in [1.29, 1.82) is 0 Å². The number of hydrogen-bond acceptors (Lipinski definition) is 5. The van der Waals surface area contributed by atoms with Crippen molar-refractivity contribution >= 4 is 17.4 Å². The predicted octanol–water partition coefficient (Wildman–Crippen LogP) is 1.59. The maximum Gasteiger partial charge on any atom is 0.344 e. The fourth-order valence-corrected chi connectivity index (χ4v) is 2.45. The van der Waals surface area contributed by atoms with Gasteiger partial charge < -0.3 is 5.73 Å². The number of aromatic nitrogens is 4. The monoisotopic (exact) mass is 265 g/mol. The molecule has 2 aromatic rings. The van der Waals surface area contributed by atoms with Crippen molar-refractivity contribution in [2.24, 2.45) is 0 Å². The summed E-state index contributed by atoms with van der Waals surface area (Å²) in [5, 5.41) is 7.74. The van der Waals surface area contributed by atoms with Crippen molar-refractivity contribution in [2.75, 3.05) is 5.73 Å². The highest BCUT2D eigenvalue weighted by Gasteiger charge is 2.13. The summed E-state index contributed by atoms with van der Waals surface area (Å²) in [5.41, 5.74) is 7.23. The smallest absolute Gasteiger partial charge is 0.344 e. The van der Waals surface area contributed by atoms with E-state index in [1.165, 1.54) is 11.8 Å². The molecule has 0 aromatic carbocycles. The Balaban J connectivity index is 2.34. The molecular weight excluding hydrogens is 250 g/mol. The van der Waals surface area contributed by atoms with Gasteiger partial charge in [-0.25, -0.2) is 14.9 Å². The highest BCUT2D eigenvalue weighted by atomic mass is 32.2. The molecule has 2 rings (SSSR count). The Morgan fingerprint density at radius 3 is 2.83 bits per heavy atom. The number of anilines is 1. The third-order valence-corrected chi connectivity index (χ3v) is 3.41. The largest absolute Gasteiger partial charge is 0.398 e. The van der Waals surface area contributed by atoms with Gasteiger partial charge >= 0.3 is 5.69 Å². The van der Waals surface area contributed by atoms with E-state index < -0.39 is 0 Å². The lowest BCUT2D eigenvalue weighted by Gasteiger charge is -2.08. The molecule has 0 aliphatic carbocycles. The van der Waals surface area contributed by atoms with Crippen molar-refractivity contribution in [2.45, 2.75) is 37.0 Å². The van der Waals surface area contributed by atoms with Gasteiger partial charge in [0.2, 0.25) is 0 Å². The van der Waals surface area contributed by atoms with Crippen LogP contribution < -0.4 is 11.4 Å². The van der Waals surface area contributed by atoms with E-state index in [2.05, 4.69) is 15.2 Å². The highest BCUT2D eigenvalue weighted by Crippen LogP contribution is 2.26. The van der Waals surface area contributed by atoms with Crippen LogP contribution in [0.3, 0.4) is 0 Å². The molecule has 3 N–H and O–H groups in total. The van der Waals surface area contributed by atoms with Gasteiger partial charge in [0, 0.05) is 17.9 Å². The first kappa shape index (κ1) is 12.7. The van der Waals surface area contributed by atoms with Crippen LogP contribution in [0.4, 0.5) is 5.69 Å². The summed E-state index contributed by atoms with van der Waals surface area (Å²) in [6.07, 6.45) is 1.71. The summed E-state index contributed by atoms with van der Waals surface area (Å²) < 4.78 is 1.59. The Morgan fingerprint density at radius 2 is 2.22 bits per heavy atom. The zero-order valence-electron chi connectivity index (χ0n) is 10.5. The third kappa shape index (κ3) is 2.40. The number of hydrogen-bond donors (Lipinski definition) is 2. The van der Waals surface area contributed by atoms with E-state index in [-0.39, 0.29) is 11.7 Å². The number of pyridine rings is 1. The molecule has 6 nitrogen and oxygen atoms in total. The fraction of sp³-hybridized carbons (Fsp3) is 0.364. The molecular formula is C11H15N5OS. The minimum atomic E-state index is -0.215. The molecule has 0 aliphatic rings. The molecule has 0 unspecified atom stereocenters. The van der Waals surface area contributed by atoms with Crippen molar-refractivity contribution < 1.29 is 0 Å². The van der Waals surface area contributed by atoms with Crippen molar-refractivity contribution in [3.63, 3.8) is 0 Å². The molecule has 2 heterocycles. The molecule has 0 spiro atoms. The summed E-state index contributed by atoms with van der Waals surface area (Å²) in [6, 6.07) is 1.82. The predicted molar refractivity (Wildman–Crippen MR) is 70.7 cm³/mol. The lowest BCUT2D eigenvalue weighted by molar-refractivity contribution is 0.534. The van der Waals surface area contributed by atoms with Gasteiger partial charge in [-0.1, -0.05) is 0 Å². The molecule has 2 aromatic heterocycles. The Bertz CT molecular complexity index is 616. The number of H-pyrrole nitrogens is 1. The van der Waals surface area contributed by atoms with E-state index in [9.17, 15) is 4.79 Å². The SMILES string of the molecule is Cc1cnc(Sc2n[nH]c(=O)n2C(C)C)cc1N. The third-order valence-electron chi connectivity index (χ3n) is 2.50. The van der Waals surface area contributed by atoms with Gasteiger partial charge in [-0.3, -0.25) is 4.57 Å². The van der Waals surface area contributed by atoms with E-state index in [1.54, 1.807) is 16.8 Å². The summed E-state index contributed by atoms with van der Waals surface area (Å²) in [4.78, 5) is 15.8. The lowest BCUT2D eigenvalue weighted by atomic mass is 10.3. The van der Waals surface area contributed by atoms with E-state index in [0.29, 0.717) is 10.8 Å². The normalized spacial score (nSPS) is 11.1. The number of nitrogens with zero attached hydrogens (tertiary/aromatic N) is 3. The standard InChI is InChI=1S/C11H15N5OS/c1-6(2)16-10(17)14-15-11(16)18-9-4-8(12)7(3)5-13-9/h4-6H,1-3H3,(H2,12,13)(H,14,17). The van der Waals surface area contributed by atoms with Gasteiger partial charge in [0.25, 0.3) is 0 Å². The quantitative estimate of drug-likeness (QED) is 0.879. The number of aryl methyl sites for hydroxylation is 1. The molecule has 0 atom stereocenters. The van der Waals surface area contributed by atoms with Crippen LogP contribution in [-0.4, -0.2) is 19.7 Å². The Labute approximate surface area is 109 Å². The van der Waals surface area contributed by atoms with Crippen LogP contribution >= 0.6 is 11.8 Å². The number of aromatic amines is 1. The number of rotatable bonds is 3. The first-order valence-electron chi connectivity index (χ1n) is 5.56. The van der Waals surface area contributed by atoms with Crippen LogP contribution in [0, 0.1) is 6.92 Å². The Morgan fingerprint density at radius 1 is 1.50 bits per heavy atom. The number of nitrogens with one attached hydrogen (secondary N) is 1. The van der Waals surface area contributed by atoms with E-state index in [4.69, 9.17) is 5.73 Å². The number of nitrogens with two attached hydrogens (primary N) is 1. The zero-order valence-corrected chi connectivity index (χ0v) is 11.3. The summed E-state index contributed by atoms with van der Waals surface area (Å²) in [5.74, 6) is 0. The Hall–Kier alpha value is -1.76. The molecule has 7 heteroatoms. The Kier molecular flexibility index (Phi) is 3.42. The maximum atomic E-state index is 11.6. The van der Waals surface area contributed by atoms with E-state index in [0.717, 1.165) is 10.6 Å². The first-order valence-corrected chi connectivity index (χ1v) is 6.37. The summed E-state index contributed by atoms with van der Waals surface area (Å²) >= 11 is 1.32. The topological polar surface area (TPSA) is 89.6 Å². The van der Waals surface area contributed by atoms with Gasteiger partial charge in [0.1, 0.15) is 5.03 Å². The van der Waals surface area contributed by atoms with Crippen molar-refractivity contribution in [3.05, 3.63) is 28.3 Å². The average molecular weight is 265 g/mol. The summed E-state index contributed by atoms with van der Waals surface area (Å²) in [7, 11) is 0. The zero-order chi connectivity index (χ0) is 13.3. The lowest BCUT2D eigenvalue weighted by Crippen LogP contribution is -2.19. The number of nitrogen functional groups attached to an aromatic ring is 1. The van der Waals surface area contributed by atoms with Gasteiger partial charge in [0.05, 0.1) is 0 Å². The second kappa shape index (κ2) is 4.85. The van der Waals surface area contributed by atoms with Crippen LogP contribution in [0.15, 0.2) is 27.2 Å². The molecule has 96 valence electrons. The highest BCUT2D eigenvalue weighted by molar-refractivity contribution is 7.99. The first-order chi connectivity index (χ1) is 8.49. The molecule has 0 bridgehead atoms. The maximum absolute atomic E-state index is 11.6. The molecule has 0 saturated heterocycles. The van der Waals surface area contributed by atoms with Crippen LogP contribution in [0.25, 0.3) is 0 Å². The summed E-state index contributed by atoms with van der Waals surface area (Å²) in [6.45, 7) is 5.76. The van der Waals surface area contributed by atoms with Crippen molar-refractivity contribution in [3.8, 4) is 0 Å². The van der Waals surface area contributed by atoms with Crippen LogP contribution in [0.5, 0.6) is 0 Å². The van der Waals surface area contributed by atoms with Gasteiger partial charge in [-0.15, -0.1) is 5.10 Å². The minimum absolute atomic E-state index is 0.0431. The van der Waals surface area contributed by atoms with Crippen LogP contribution in [0.1, 0.15) is 25.5 Å². The van der Waals surface area contributed by atoms with E-state index >= 15 is 0 Å². The van der Waals surface area contributed by atoms with E-state index in [1.807, 2.05) is 20.8 Å². The molecule has 0 saturated carbocycles. The van der Waals surface area contributed by atoms with Crippen LogP contribution in [0.2, 0.25) is 0 Å². The second-order valence-electron chi connectivity index (χ2n) is 4.26. The molecule has 0 radical (unpaired) electrons. The molecule has 0 fully saturated rings. The minimum Gasteiger partial charge on any atom is -0.398 e. The van der Waals surface area contributed by atoms with Gasteiger partial charge in [-0.2, -0.15) is 0 Å². The van der Waals surface area contributed by atoms with Gasteiger partial charge in [-0.05, 0) is 44.2 Å². The molecule has 0 amide bonds. The van der Waals surface area contributed by atoms with Crippen LogP contribution in [-0.2, 0) is 0 Å².